The number of nitrogen functional groups attached to an aromatic ring is 1. The van der Waals surface area contributed by atoms with Gasteiger partial charge in [0.05, 0.1) is 4.92 Å². The van der Waals surface area contributed by atoms with Crippen molar-refractivity contribution in [3.63, 3.8) is 0 Å². The van der Waals surface area contributed by atoms with Gasteiger partial charge >= 0.3 is 5.69 Å². The second-order valence-corrected chi connectivity index (χ2v) is 4.71. The van der Waals surface area contributed by atoms with Crippen LogP contribution in [0.5, 0.6) is 0 Å². The molecule has 7 heteroatoms. The van der Waals surface area contributed by atoms with E-state index in [9.17, 15) is 10.1 Å². The molecule has 0 amide bonds. The monoisotopic (exact) mass is 267 g/mol. The molecule has 0 saturated heterocycles. The molecule has 0 aliphatic rings. The van der Waals surface area contributed by atoms with Crippen molar-refractivity contribution in [2.45, 2.75) is 26.3 Å². The summed E-state index contributed by atoms with van der Waals surface area (Å²) in [7, 11) is 2.08. The van der Waals surface area contributed by atoms with E-state index in [1.165, 1.54) is 6.07 Å². The topological polar surface area (TPSA) is 97.3 Å². The Kier molecular flexibility index (Phi) is 5.50. The van der Waals surface area contributed by atoms with E-state index in [1.54, 1.807) is 6.07 Å². The summed E-state index contributed by atoms with van der Waals surface area (Å²) >= 11 is 0. The van der Waals surface area contributed by atoms with Gasteiger partial charge in [-0.25, -0.2) is 4.98 Å². The quantitative estimate of drug-likeness (QED) is 0.443. The van der Waals surface area contributed by atoms with E-state index in [0.29, 0.717) is 11.9 Å². The van der Waals surface area contributed by atoms with Crippen molar-refractivity contribution in [3.8, 4) is 0 Å². The van der Waals surface area contributed by atoms with Crippen LogP contribution in [0.3, 0.4) is 0 Å². The third kappa shape index (κ3) is 4.70. The molecular formula is C12H21N5O2. The highest BCUT2D eigenvalue weighted by Crippen LogP contribution is 2.20. The maximum absolute atomic E-state index is 10.6. The van der Waals surface area contributed by atoms with Crippen LogP contribution in [0.1, 0.15) is 20.3 Å². The molecule has 1 rings (SSSR count). The predicted octanol–water partition coefficient (Wildman–Crippen LogP) is 1.71. The molecule has 0 radical (unpaired) electrons. The molecule has 0 aliphatic heterocycles. The first-order valence-electron chi connectivity index (χ1n) is 6.27. The highest BCUT2D eigenvalue weighted by Gasteiger charge is 2.12. The minimum Gasteiger partial charge on any atom is -0.378 e. The maximum Gasteiger partial charge on any atom is 0.311 e. The van der Waals surface area contributed by atoms with E-state index < -0.39 is 4.92 Å². The van der Waals surface area contributed by atoms with Crippen molar-refractivity contribution < 1.29 is 4.92 Å². The Balaban J connectivity index is 2.42. The molecule has 0 saturated carbocycles. The summed E-state index contributed by atoms with van der Waals surface area (Å²) in [4.78, 5) is 16.3. The molecule has 0 bridgehead atoms. The minimum absolute atomic E-state index is 0.0608. The third-order valence-corrected chi connectivity index (χ3v) is 2.97. The Bertz CT molecular complexity index is 436. The molecule has 1 aromatic heterocycles. The average molecular weight is 267 g/mol. The van der Waals surface area contributed by atoms with Crippen LogP contribution >= 0.6 is 0 Å². The average Bonchev–Trinajstić information content (AvgIpc) is 2.33. The number of anilines is 2. The SMILES string of the molecule is CC(C)N(C)CCCNc1ccc([N+](=O)[O-])c(N)n1. The van der Waals surface area contributed by atoms with Crippen molar-refractivity contribution in [3.05, 3.63) is 22.2 Å². The lowest BCUT2D eigenvalue weighted by Gasteiger charge is -2.20. The first kappa shape index (κ1) is 15.2. The molecule has 3 N–H and O–H groups in total. The summed E-state index contributed by atoms with van der Waals surface area (Å²) in [6.07, 6.45) is 0.966. The molecular weight excluding hydrogens is 246 g/mol. The van der Waals surface area contributed by atoms with Crippen LogP contribution < -0.4 is 11.1 Å². The molecule has 0 aliphatic carbocycles. The number of aromatic nitrogens is 1. The molecule has 0 aromatic carbocycles. The second kappa shape index (κ2) is 6.89. The standard InChI is InChI=1S/C12H21N5O2/c1-9(2)16(3)8-4-7-14-11-6-5-10(17(18)19)12(13)15-11/h5-6,9H,4,7-8H2,1-3H3,(H3,13,14,15). The molecule has 0 atom stereocenters. The molecule has 0 spiro atoms. The van der Waals surface area contributed by atoms with Crippen LogP contribution in [0, 0.1) is 10.1 Å². The highest BCUT2D eigenvalue weighted by atomic mass is 16.6. The molecule has 1 heterocycles. The van der Waals surface area contributed by atoms with Gasteiger partial charge in [-0.1, -0.05) is 0 Å². The Morgan fingerprint density at radius 2 is 2.21 bits per heavy atom. The molecule has 19 heavy (non-hydrogen) atoms. The number of nitrogens with one attached hydrogen (secondary N) is 1. The van der Waals surface area contributed by atoms with Crippen molar-refractivity contribution in [2.75, 3.05) is 31.2 Å². The van der Waals surface area contributed by atoms with E-state index in [2.05, 4.69) is 36.1 Å². The number of rotatable bonds is 7. The molecule has 7 nitrogen and oxygen atoms in total. The zero-order valence-corrected chi connectivity index (χ0v) is 11.6. The fraction of sp³-hybridized carbons (Fsp3) is 0.583. The van der Waals surface area contributed by atoms with Crippen molar-refractivity contribution in [2.24, 2.45) is 0 Å². The van der Waals surface area contributed by atoms with Crippen molar-refractivity contribution in [1.29, 1.82) is 0 Å². The first-order valence-corrected chi connectivity index (χ1v) is 6.27. The van der Waals surface area contributed by atoms with Crippen molar-refractivity contribution >= 4 is 17.3 Å². The lowest BCUT2D eigenvalue weighted by Crippen LogP contribution is -2.28. The number of nitrogens with two attached hydrogens (primary N) is 1. The summed E-state index contributed by atoms with van der Waals surface area (Å²) in [6.45, 7) is 6.02. The van der Waals surface area contributed by atoms with Gasteiger partial charge in [-0.3, -0.25) is 10.1 Å². The fourth-order valence-corrected chi connectivity index (χ4v) is 1.52. The van der Waals surface area contributed by atoms with Crippen LogP contribution in [0.4, 0.5) is 17.3 Å². The third-order valence-electron chi connectivity index (χ3n) is 2.97. The van der Waals surface area contributed by atoms with E-state index in [-0.39, 0.29) is 11.5 Å². The number of hydrogen-bond donors (Lipinski definition) is 2. The number of nitro groups is 1. The number of nitrogens with zero attached hydrogens (tertiary/aromatic N) is 3. The molecule has 1 aromatic rings. The van der Waals surface area contributed by atoms with Crippen LogP contribution in [0.15, 0.2) is 12.1 Å². The number of hydrogen-bond acceptors (Lipinski definition) is 6. The lowest BCUT2D eigenvalue weighted by atomic mass is 10.3. The van der Waals surface area contributed by atoms with Gasteiger partial charge in [-0.15, -0.1) is 0 Å². The van der Waals surface area contributed by atoms with Gasteiger partial charge in [0.1, 0.15) is 5.82 Å². The van der Waals surface area contributed by atoms with E-state index in [0.717, 1.165) is 19.5 Å². The van der Waals surface area contributed by atoms with Gasteiger partial charge < -0.3 is 16.0 Å². The summed E-state index contributed by atoms with van der Waals surface area (Å²) in [6, 6.07) is 3.46. The largest absolute Gasteiger partial charge is 0.378 e. The zero-order chi connectivity index (χ0) is 14.4. The predicted molar refractivity (Wildman–Crippen MR) is 76.2 cm³/mol. The molecule has 0 unspecified atom stereocenters. The van der Waals surface area contributed by atoms with Gasteiger partial charge in [-0.2, -0.15) is 0 Å². The highest BCUT2D eigenvalue weighted by molar-refractivity contribution is 5.57. The fourth-order valence-electron chi connectivity index (χ4n) is 1.52. The Hall–Kier alpha value is -1.89. The van der Waals surface area contributed by atoms with Gasteiger partial charge in [-0.05, 0) is 39.9 Å². The first-order chi connectivity index (χ1) is 8.91. The Labute approximate surface area is 113 Å². The summed E-state index contributed by atoms with van der Waals surface area (Å²) in [5.41, 5.74) is 5.35. The summed E-state index contributed by atoms with van der Waals surface area (Å²) in [5.74, 6) is 0.504. The van der Waals surface area contributed by atoms with Crippen LogP contribution in [-0.2, 0) is 0 Å². The van der Waals surface area contributed by atoms with Gasteiger partial charge in [0, 0.05) is 18.7 Å². The Morgan fingerprint density at radius 3 is 2.74 bits per heavy atom. The zero-order valence-electron chi connectivity index (χ0n) is 11.6. The number of pyridine rings is 1. The van der Waals surface area contributed by atoms with Crippen LogP contribution in [0.2, 0.25) is 0 Å². The van der Waals surface area contributed by atoms with E-state index in [4.69, 9.17) is 5.73 Å². The second-order valence-electron chi connectivity index (χ2n) is 4.71. The van der Waals surface area contributed by atoms with Crippen LogP contribution in [0.25, 0.3) is 0 Å². The molecule has 0 fully saturated rings. The minimum atomic E-state index is -0.538. The van der Waals surface area contributed by atoms with E-state index >= 15 is 0 Å². The van der Waals surface area contributed by atoms with Crippen LogP contribution in [-0.4, -0.2) is 41.0 Å². The smallest absolute Gasteiger partial charge is 0.311 e. The van der Waals surface area contributed by atoms with E-state index in [1.807, 2.05) is 0 Å². The van der Waals surface area contributed by atoms with Gasteiger partial charge in [0.15, 0.2) is 0 Å². The summed E-state index contributed by atoms with van der Waals surface area (Å²) < 4.78 is 0. The summed E-state index contributed by atoms with van der Waals surface area (Å²) in [5, 5.41) is 13.7. The lowest BCUT2D eigenvalue weighted by molar-refractivity contribution is -0.384. The normalized spacial score (nSPS) is 11.0. The van der Waals surface area contributed by atoms with Crippen molar-refractivity contribution in [1.82, 2.24) is 9.88 Å². The van der Waals surface area contributed by atoms with Gasteiger partial charge in [0.2, 0.25) is 5.82 Å². The van der Waals surface area contributed by atoms with Gasteiger partial charge in [0.25, 0.3) is 0 Å². The molecule has 106 valence electrons. The Morgan fingerprint density at radius 1 is 1.53 bits per heavy atom. The maximum atomic E-state index is 10.6.